The van der Waals surface area contributed by atoms with Crippen LogP contribution in [0.25, 0.3) is 0 Å². The lowest BCUT2D eigenvalue weighted by atomic mass is 10.1. The molecule has 0 aromatic rings. The third kappa shape index (κ3) is 3.37. The third-order valence-corrected chi connectivity index (χ3v) is 3.56. The van der Waals surface area contributed by atoms with Gasteiger partial charge in [0.1, 0.15) is 0 Å². The zero-order valence-electron chi connectivity index (χ0n) is 11.9. The maximum atomic E-state index is 12.0. The number of morpholine rings is 1. The number of likely N-dealkylation sites (tertiary alicyclic amines) is 1. The third-order valence-electron chi connectivity index (χ3n) is 3.56. The number of nitrogens with one attached hydrogen (secondary N) is 1. The van der Waals surface area contributed by atoms with Crippen LogP contribution in [0.15, 0.2) is 0 Å². The van der Waals surface area contributed by atoms with Crippen molar-refractivity contribution in [1.82, 2.24) is 15.1 Å². The molecule has 0 aliphatic carbocycles. The molecule has 1 N–H and O–H groups in total. The molecule has 6 nitrogen and oxygen atoms in total. The summed E-state index contributed by atoms with van der Waals surface area (Å²) in [5, 5.41) is 2.95. The maximum absolute atomic E-state index is 12.0. The highest BCUT2D eigenvalue weighted by molar-refractivity contribution is 5.82. The van der Waals surface area contributed by atoms with Crippen LogP contribution in [0.1, 0.15) is 27.2 Å². The van der Waals surface area contributed by atoms with Crippen LogP contribution >= 0.6 is 0 Å². The Bertz CT molecular complexity index is 359. The van der Waals surface area contributed by atoms with Crippen molar-refractivity contribution in [2.75, 3.05) is 32.8 Å². The second-order valence-electron chi connectivity index (χ2n) is 6.13. The monoisotopic (exact) mass is 269 g/mol. The molecule has 0 spiro atoms. The normalized spacial score (nSPS) is 24.8. The van der Waals surface area contributed by atoms with Gasteiger partial charge in [-0.1, -0.05) is 0 Å². The van der Waals surface area contributed by atoms with Crippen LogP contribution in [0.2, 0.25) is 0 Å². The fraction of sp³-hybridized carbons (Fsp3) is 0.846. The number of ether oxygens (including phenoxy) is 1. The topological polar surface area (TPSA) is 61.9 Å². The molecule has 1 unspecified atom stereocenters. The minimum atomic E-state index is -0.185. The summed E-state index contributed by atoms with van der Waals surface area (Å²) in [5.74, 6) is 0.111. The Morgan fingerprint density at radius 2 is 1.95 bits per heavy atom. The molecule has 0 aromatic heterocycles. The summed E-state index contributed by atoms with van der Waals surface area (Å²) in [6.07, 6.45) is 0.396. The molecule has 0 saturated carbocycles. The second kappa shape index (κ2) is 5.36. The first-order valence-electron chi connectivity index (χ1n) is 6.81. The Hall–Kier alpha value is -1.30. The lowest BCUT2D eigenvalue weighted by Gasteiger charge is -2.32. The van der Waals surface area contributed by atoms with Gasteiger partial charge in [-0.05, 0) is 20.8 Å². The molecular formula is C13H23N3O3. The van der Waals surface area contributed by atoms with Crippen molar-refractivity contribution < 1.29 is 14.3 Å². The molecule has 1 atom stereocenters. The second-order valence-corrected chi connectivity index (χ2v) is 6.13. The standard InChI is InChI=1S/C13H23N3O3/c1-13(2,3)16-9-10(8-11(16)17)14-12(18)15-4-6-19-7-5-15/h10H,4-9H2,1-3H3,(H,14,18). The van der Waals surface area contributed by atoms with Gasteiger partial charge in [-0.3, -0.25) is 4.79 Å². The van der Waals surface area contributed by atoms with Crippen molar-refractivity contribution in [3.63, 3.8) is 0 Å². The molecule has 0 bridgehead atoms. The van der Waals surface area contributed by atoms with E-state index in [0.717, 1.165) is 0 Å². The van der Waals surface area contributed by atoms with E-state index in [1.54, 1.807) is 4.90 Å². The highest BCUT2D eigenvalue weighted by Gasteiger charge is 2.37. The summed E-state index contributed by atoms with van der Waals surface area (Å²) in [7, 11) is 0. The number of nitrogens with zero attached hydrogens (tertiary/aromatic N) is 2. The van der Waals surface area contributed by atoms with E-state index in [2.05, 4.69) is 5.32 Å². The van der Waals surface area contributed by atoms with E-state index < -0.39 is 0 Å². The molecule has 2 aliphatic rings. The van der Waals surface area contributed by atoms with E-state index >= 15 is 0 Å². The first-order valence-corrected chi connectivity index (χ1v) is 6.81. The molecule has 2 heterocycles. The minimum Gasteiger partial charge on any atom is -0.378 e. The van der Waals surface area contributed by atoms with Gasteiger partial charge in [0.2, 0.25) is 5.91 Å². The molecule has 0 aromatic carbocycles. The van der Waals surface area contributed by atoms with Crippen molar-refractivity contribution in [3.8, 4) is 0 Å². The molecule has 2 fully saturated rings. The molecule has 108 valence electrons. The summed E-state index contributed by atoms with van der Waals surface area (Å²) < 4.78 is 5.21. The number of urea groups is 1. The summed E-state index contributed by atoms with van der Waals surface area (Å²) >= 11 is 0. The molecule has 2 aliphatic heterocycles. The van der Waals surface area contributed by atoms with Gasteiger partial charge in [0.05, 0.1) is 19.3 Å². The Morgan fingerprint density at radius 1 is 1.32 bits per heavy atom. The van der Waals surface area contributed by atoms with Crippen molar-refractivity contribution in [1.29, 1.82) is 0 Å². The van der Waals surface area contributed by atoms with Crippen molar-refractivity contribution in [2.45, 2.75) is 38.8 Å². The molecule has 6 heteroatoms. The Kier molecular flexibility index (Phi) is 3.99. The van der Waals surface area contributed by atoms with Gasteiger partial charge in [0.15, 0.2) is 0 Å². The van der Waals surface area contributed by atoms with Gasteiger partial charge < -0.3 is 19.9 Å². The van der Waals surface area contributed by atoms with E-state index in [1.807, 2.05) is 25.7 Å². The minimum absolute atomic E-state index is 0.0814. The maximum Gasteiger partial charge on any atom is 0.317 e. The van der Waals surface area contributed by atoms with E-state index in [9.17, 15) is 9.59 Å². The van der Waals surface area contributed by atoms with Crippen LogP contribution in [0.5, 0.6) is 0 Å². The van der Waals surface area contributed by atoms with E-state index in [-0.39, 0.29) is 23.5 Å². The average molecular weight is 269 g/mol. The fourth-order valence-electron chi connectivity index (χ4n) is 2.48. The van der Waals surface area contributed by atoms with Crippen LogP contribution in [-0.2, 0) is 9.53 Å². The summed E-state index contributed by atoms with van der Waals surface area (Å²) in [6.45, 7) is 9.05. The lowest BCUT2D eigenvalue weighted by Crippen LogP contribution is -2.50. The van der Waals surface area contributed by atoms with E-state index in [1.165, 1.54) is 0 Å². The first-order chi connectivity index (χ1) is 8.88. The van der Waals surface area contributed by atoms with E-state index in [4.69, 9.17) is 4.74 Å². The smallest absolute Gasteiger partial charge is 0.317 e. The molecule has 2 saturated heterocycles. The van der Waals surface area contributed by atoms with Crippen LogP contribution in [0.3, 0.4) is 0 Å². The van der Waals surface area contributed by atoms with Crippen LogP contribution < -0.4 is 5.32 Å². The SMILES string of the molecule is CC(C)(C)N1CC(NC(=O)N2CCOCC2)CC1=O. The summed E-state index contributed by atoms with van der Waals surface area (Å²) in [5.41, 5.74) is -0.185. The quantitative estimate of drug-likeness (QED) is 0.751. The summed E-state index contributed by atoms with van der Waals surface area (Å²) in [6, 6.07) is -0.168. The molecule has 19 heavy (non-hydrogen) atoms. The predicted octanol–water partition coefficient (Wildman–Crippen LogP) is 0.428. The zero-order chi connectivity index (χ0) is 14.0. The average Bonchev–Trinajstić information content (AvgIpc) is 2.71. The van der Waals surface area contributed by atoms with Crippen LogP contribution in [0, 0.1) is 0 Å². The van der Waals surface area contributed by atoms with Gasteiger partial charge in [-0.25, -0.2) is 4.79 Å². The van der Waals surface area contributed by atoms with Crippen LogP contribution in [-0.4, -0.2) is 66.2 Å². The van der Waals surface area contributed by atoms with Gasteiger partial charge in [-0.15, -0.1) is 0 Å². The van der Waals surface area contributed by atoms with Gasteiger partial charge >= 0.3 is 6.03 Å². The lowest BCUT2D eigenvalue weighted by molar-refractivity contribution is -0.131. The fourth-order valence-corrected chi connectivity index (χ4v) is 2.48. The number of hydrogen-bond donors (Lipinski definition) is 1. The zero-order valence-corrected chi connectivity index (χ0v) is 11.9. The molecule has 2 rings (SSSR count). The van der Waals surface area contributed by atoms with Crippen LogP contribution in [0.4, 0.5) is 4.79 Å². The Labute approximate surface area is 114 Å². The Balaban J connectivity index is 1.87. The number of amides is 3. The molecule has 3 amide bonds. The highest BCUT2D eigenvalue weighted by Crippen LogP contribution is 2.21. The van der Waals surface area contributed by atoms with Gasteiger partial charge in [0.25, 0.3) is 0 Å². The summed E-state index contributed by atoms with van der Waals surface area (Å²) in [4.78, 5) is 27.6. The van der Waals surface area contributed by atoms with Crippen molar-refractivity contribution in [2.24, 2.45) is 0 Å². The van der Waals surface area contributed by atoms with Crippen molar-refractivity contribution >= 4 is 11.9 Å². The van der Waals surface area contributed by atoms with Gasteiger partial charge in [-0.2, -0.15) is 0 Å². The largest absolute Gasteiger partial charge is 0.378 e. The molecular weight excluding hydrogens is 246 g/mol. The van der Waals surface area contributed by atoms with Gasteiger partial charge in [0, 0.05) is 31.6 Å². The number of hydrogen-bond acceptors (Lipinski definition) is 3. The highest BCUT2D eigenvalue weighted by atomic mass is 16.5. The van der Waals surface area contributed by atoms with E-state index in [0.29, 0.717) is 39.3 Å². The number of rotatable bonds is 1. The van der Waals surface area contributed by atoms with Crippen molar-refractivity contribution in [3.05, 3.63) is 0 Å². The Morgan fingerprint density at radius 3 is 2.47 bits per heavy atom. The number of carbonyl (C=O) groups is 2. The predicted molar refractivity (Wildman–Crippen MR) is 70.8 cm³/mol. The molecule has 0 radical (unpaired) electrons. The first kappa shape index (κ1) is 14.1. The number of carbonyl (C=O) groups excluding carboxylic acids is 2.